The molecule has 0 amide bonds. The van der Waals surface area contributed by atoms with Gasteiger partial charge in [-0.1, -0.05) is 349 Å². The second-order valence-corrected chi connectivity index (χ2v) is 30.5. The van der Waals surface area contributed by atoms with Crippen molar-refractivity contribution in [2.75, 3.05) is 39.6 Å². The Kier molecular flexibility index (Phi) is 67.7. The summed E-state index contributed by atoms with van der Waals surface area (Å²) in [6.45, 7) is 7.26. The highest BCUT2D eigenvalue weighted by molar-refractivity contribution is 7.47. The Morgan fingerprint density at radius 3 is 0.747 bits per heavy atom. The predicted octanol–water partition coefficient (Wildman–Crippen LogP) is 22.5. The van der Waals surface area contributed by atoms with Gasteiger partial charge in [0.2, 0.25) is 0 Å². The Labute approximate surface area is 581 Å². The molecule has 0 aromatic rings. The molecule has 0 aromatic carbocycles. The molecule has 6 atom stereocenters. The van der Waals surface area contributed by atoms with Gasteiger partial charge in [0.15, 0.2) is 12.2 Å². The molecule has 3 N–H and O–H groups in total. The summed E-state index contributed by atoms with van der Waals surface area (Å²) in [5.41, 5.74) is 0. The molecule has 0 fully saturated rings. The van der Waals surface area contributed by atoms with Gasteiger partial charge >= 0.3 is 39.5 Å². The van der Waals surface area contributed by atoms with Crippen molar-refractivity contribution in [3.63, 3.8) is 0 Å². The number of unbranched alkanes of at least 4 members (excludes halogenated alkanes) is 47. The SMILES string of the molecule is CCCCCCCCCCCCCCCCCCCC(=O)O[C@H](COC(=O)CCCCCCCCCCCCCCCCC)COP(=O)(O)OC[C@@H](O)COP(=O)(O)OC[C@@H](COC(=O)CCCCCCCCC(C)CC)OC(=O)CCCCCCCCCCCCCCC. The van der Waals surface area contributed by atoms with Crippen molar-refractivity contribution in [3.05, 3.63) is 0 Å². The summed E-state index contributed by atoms with van der Waals surface area (Å²) in [6.07, 6.45) is 58.2. The molecule has 0 bridgehead atoms. The van der Waals surface area contributed by atoms with Crippen LogP contribution < -0.4 is 0 Å². The van der Waals surface area contributed by atoms with Gasteiger partial charge in [-0.15, -0.1) is 0 Å². The zero-order chi connectivity index (χ0) is 69.8. The van der Waals surface area contributed by atoms with Crippen LogP contribution >= 0.6 is 15.6 Å². The van der Waals surface area contributed by atoms with Crippen molar-refractivity contribution in [1.82, 2.24) is 0 Å². The first-order chi connectivity index (χ1) is 46.1. The maximum absolute atomic E-state index is 13.1. The minimum absolute atomic E-state index is 0.107. The fourth-order valence-electron chi connectivity index (χ4n) is 11.7. The van der Waals surface area contributed by atoms with Gasteiger partial charge in [0.25, 0.3) is 0 Å². The van der Waals surface area contributed by atoms with Crippen molar-refractivity contribution in [2.45, 2.75) is 419 Å². The monoisotopic (exact) mass is 1400 g/mol. The van der Waals surface area contributed by atoms with E-state index in [0.717, 1.165) is 102 Å². The van der Waals surface area contributed by atoms with Crippen LogP contribution in [0.2, 0.25) is 0 Å². The molecule has 0 aliphatic rings. The van der Waals surface area contributed by atoms with Crippen LogP contribution in [0.1, 0.15) is 401 Å². The van der Waals surface area contributed by atoms with Crippen molar-refractivity contribution in [3.8, 4) is 0 Å². The van der Waals surface area contributed by atoms with E-state index in [0.29, 0.717) is 25.7 Å². The topological polar surface area (TPSA) is 237 Å². The Hall–Kier alpha value is -1.94. The highest BCUT2D eigenvalue weighted by atomic mass is 31.2. The van der Waals surface area contributed by atoms with E-state index < -0.39 is 97.5 Å². The lowest BCUT2D eigenvalue weighted by atomic mass is 10.00. The number of ether oxygens (including phenoxy) is 4. The maximum atomic E-state index is 13.1. The van der Waals surface area contributed by atoms with Gasteiger partial charge in [0.1, 0.15) is 19.3 Å². The molecule has 0 saturated heterocycles. The van der Waals surface area contributed by atoms with Crippen molar-refractivity contribution in [2.24, 2.45) is 5.92 Å². The Balaban J connectivity index is 5.25. The second-order valence-electron chi connectivity index (χ2n) is 27.6. The average molecular weight is 1400 g/mol. The molecule has 0 aliphatic carbocycles. The smallest absolute Gasteiger partial charge is 0.462 e. The molecule has 95 heavy (non-hydrogen) atoms. The number of aliphatic hydroxyl groups excluding tert-OH is 1. The first-order valence-corrected chi connectivity index (χ1v) is 42.7. The summed E-state index contributed by atoms with van der Waals surface area (Å²) in [6, 6.07) is 0. The van der Waals surface area contributed by atoms with Gasteiger partial charge < -0.3 is 33.8 Å². The predicted molar refractivity (Wildman–Crippen MR) is 386 cm³/mol. The number of carbonyl (C=O) groups excluding carboxylic acids is 4. The van der Waals surface area contributed by atoms with Crippen LogP contribution in [0, 0.1) is 5.92 Å². The summed E-state index contributed by atoms with van der Waals surface area (Å²) in [4.78, 5) is 72.8. The Morgan fingerprint density at radius 2 is 0.505 bits per heavy atom. The third-order valence-corrected chi connectivity index (χ3v) is 20.0. The van der Waals surface area contributed by atoms with Gasteiger partial charge in [0.05, 0.1) is 26.4 Å². The highest BCUT2D eigenvalue weighted by Crippen LogP contribution is 2.45. The first-order valence-electron chi connectivity index (χ1n) is 39.7. The number of carbonyl (C=O) groups is 4. The van der Waals surface area contributed by atoms with Gasteiger partial charge in [-0.05, 0) is 31.6 Å². The first kappa shape index (κ1) is 93.1. The number of hydrogen-bond acceptors (Lipinski definition) is 15. The van der Waals surface area contributed by atoms with Crippen LogP contribution in [0.3, 0.4) is 0 Å². The lowest BCUT2D eigenvalue weighted by Crippen LogP contribution is -2.30. The van der Waals surface area contributed by atoms with E-state index in [1.807, 2.05) is 0 Å². The van der Waals surface area contributed by atoms with E-state index in [1.54, 1.807) is 0 Å². The minimum atomic E-state index is -4.96. The molecule has 0 saturated carbocycles. The number of hydrogen-bond donors (Lipinski definition) is 3. The van der Waals surface area contributed by atoms with Crippen LogP contribution in [-0.4, -0.2) is 96.7 Å². The Bertz CT molecular complexity index is 1820. The maximum Gasteiger partial charge on any atom is 0.472 e. The van der Waals surface area contributed by atoms with Crippen LogP contribution in [0.5, 0.6) is 0 Å². The molecule has 17 nitrogen and oxygen atoms in total. The molecule has 0 heterocycles. The van der Waals surface area contributed by atoms with Crippen molar-refractivity contribution in [1.29, 1.82) is 0 Å². The average Bonchev–Trinajstić information content (AvgIpc) is 1.46. The van der Waals surface area contributed by atoms with E-state index in [2.05, 4.69) is 34.6 Å². The van der Waals surface area contributed by atoms with Crippen molar-refractivity contribution < 1.29 is 80.2 Å². The zero-order valence-corrected chi connectivity index (χ0v) is 63.6. The fourth-order valence-corrected chi connectivity index (χ4v) is 13.3. The number of aliphatic hydroxyl groups is 1. The normalized spacial score (nSPS) is 14.2. The number of phosphoric ester groups is 2. The van der Waals surface area contributed by atoms with Gasteiger partial charge in [-0.2, -0.15) is 0 Å². The highest BCUT2D eigenvalue weighted by Gasteiger charge is 2.30. The van der Waals surface area contributed by atoms with E-state index in [9.17, 15) is 43.2 Å². The number of rotatable bonds is 76. The summed E-state index contributed by atoms with van der Waals surface area (Å²) in [5, 5.41) is 10.6. The van der Waals surface area contributed by atoms with E-state index in [-0.39, 0.29) is 25.7 Å². The lowest BCUT2D eigenvalue weighted by Gasteiger charge is -2.21. The second kappa shape index (κ2) is 69.2. The summed E-state index contributed by atoms with van der Waals surface area (Å²) < 4.78 is 68.5. The summed E-state index contributed by atoms with van der Waals surface area (Å²) in [7, 11) is -9.91. The van der Waals surface area contributed by atoms with E-state index >= 15 is 0 Å². The fraction of sp³-hybridized carbons (Fsp3) is 0.947. The van der Waals surface area contributed by atoms with Crippen LogP contribution in [-0.2, 0) is 65.4 Å². The van der Waals surface area contributed by atoms with Crippen LogP contribution in [0.15, 0.2) is 0 Å². The Morgan fingerprint density at radius 1 is 0.295 bits per heavy atom. The van der Waals surface area contributed by atoms with Gasteiger partial charge in [-0.3, -0.25) is 37.3 Å². The molecule has 0 aromatic heterocycles. The molecule has 0 rings (SSSR count). The molecule has 0 radical (unpaired) electrons. The number of esters is 4. The lowest BCUT2D eigenvalue weighted by molar-refractivity contribution is -0.161. The summed E-state index contributed by atoms with van der Waals surface area (Å²) >= 11 is 0. The summed E-state index contributed by atoms with van der Waals surface area (Å²) in [5.74, 6) is -1.38. The van der Waals surface area contributed by atoms with Gasteiger partial charge in [-0.25, -0.2) is 9.13 Å². The molecular weight excluding hydrogens is 1250 g/mol. The third-order valence-electron chi connectivity index (χ3n) is 18.1. The van der Waals surface area contributed by atoms with Crippen LogP contribution in [0.25, 0.3) is 0 Å². The largest absolute Gasteiger partial charge is 0.472 e. The molecule has 3 unspecified atom stereocenters. The van der Waals surface area contributed by atoms with Gasteiger partial charge in [0, 0.05) is 25.7 Å². The van der Waals surface area contributed by atoms with E-state index in [1.165, 1.54) is 218 Å². The zero-order valence-electron chi connectivity index (χ0n) is 61.8. The van der Waals surface area contributed by atoms with Crippen LogP contribution in [0.4, 0.5) is 0 Å². The molecule has 0 spiro atoms. The molecule has 0 aliphatic heterocycles. The molecular formula is C76H148O17P2. The molecule has 19 heteroatoms. The van der Waals surface area contributed by atoms with E-state index in [4.69, 9.17) is 37.0 Å². The quantitative estimate of drug-likeness (QED) is 0.0222. The molecule has 564 valence electrons. The number of phosphoric acid groups is 2. The standard InChI is InChI=1S/C76H148O17P2/c1-6-10-13-16-19-22-25-28-30-31-33-36-39-42-45-52-57-62-75(80)92-71(65-86-73(78)59-54-49-43-40-37-35-32-29-26-23-20-17-14-11-7-2)67-90-94(82,83)88-63-70(77)64-89-95(84,85)91-68-72(66-87-74(79)60-55-50-47-46-48-53-58-69(5)9-4)93-76(81)61-56-51-44-41-38-34-27-24-21-18-15-12-8-3/h69-72,77H,6-68H2,1-5H3,(H,82,83)(H,84,85)/t69?,70-,71-,72-/m1/s1. The third kappa shape index (κ3) is 69.0. The minimum Gasteiger partial charge on any atom is -0.462 e. The van der Waals surface area contributed by atoms with Crippen molar-refractivity contribution >= 4 is 39.5 Å².